The Bertz CT molecular complexity index is 1790. The van der Waals surface area contributed by atoms with Gasteiger partial charge in [-0.05, 0) is 67.1 Å². The van der Waals surface area contributed by atoms with E-state index in [0.717, 1.165) is 36.7 Å². The van der Waals surface area contributed by atoms with Crippen molar-refractivity contribution in [3.05, 3.63) is 113 Å². The van der Waals surface area contributed by atoms with Gasteiger partial charge in [-0.1, -0.05) is 30.3 Å². The first-order valence-electron chi connectivity index (χ1n) is 11.8. The maximum Gasteiger partial charge on any atom is 0.271 e. The number of rotatable bonds is 8. The van der Waals surface area contributed by atoms with Gasteiger partial charge >= 0.3 is 0 Å². The van der Waals surface area contributed by atoms with Gasteiger partial charge < -0.3 is 5.32 Å². The lowest BCUT2D eigenvalue weighted by atomic mass is 10.2. The van der Waals surface area contributed by atoms with E-state index < -0.39 is 27.4 Å². The molecule has 39 heavy (non-hydrogen) atoms. The van der Waals surface area contributed by atoms with Crippen LogP contribution in [0.25, 0.3) is 20.8 Å². The van der Waals surface area contributed by atoms with Gasteiger partial charge in [0.25, 0.3) is 15.7 Å². The molecule has 0 aliphatic rings. The average molecular weight is 559 g/mol. The summed E-state index contributed by atoms with van der Waals surface area (Å²) < 4.78 is 28.9. The van der Waals surface area contributed by atoms with E-state index in [1.54, 1.807) is 41.7 Å². The molecule has 0 atom stereocenters. The lowest BCUT2D eigenvalue weighted by Gasteiger charge is -2.24. The van der Waals surface area contributed by atoms with Crippen LogP contribution < -0.4 is 9.62 Å². The smallest absolute Gasteiger partial charge is 0.271 e. The summed E-state index contributed by atoms with van der Waals surface area (Å²) in [5.74, 6) is -0.607. The van der Waals surface area contributed by atoms with Crippen LogP contribution >= 0.6 is 11.3 Å². The third-order valence-corrected chi connectivity index (χ3v) is 8.76. The van der Waals surface area contributed by atoms with Crippen molar-refractivity contribution in [3.63, 3.8) is 0 Å². The lowest BCUT2D eigenvalue weighted by Crippen LogP contribution is -2.38. The van der Waals surface area contributed by atoms with Gasteiger partial charge in [-0.2, -0.15) is 0 Å². The predicted molar refractivity (Wildman–Crippen MR) is 152 cm³/mol. The molecule has 196 valence electrons. The second-order valence-electron chi connectivity index (χ2n) is 8.72. The van der Waals surface area contributed by atoms with Crippen LogP contribution in [0.4, 0.5) is 17.1 Å². The number of fused-ring (bicyclic) bond motifs is 1. The van der Waals surface area contributed by atoms with Crippen molar-refractivity contribution in [3.8, 4) is 10.6 Å². The van der Waals surface area contributed by atoms with E-state index in [1.165, 1.54) is 30.3 Å². The van der Waals surface area contributed by atoms with E-state index in [1.807, 2.05) is 31.2 Å². The maximum atomic E-state index is 13.5. The minimum Gasteiger partial charge on any atom is -0.325 e. The molecule has 1 amide bonds. The second-order valence-corrected chi connectivity index (χ2v) is 11.6. The molecule has 0 aliphatic carbocycles. The number of hydrogen-bond acceptors (Lipinski definition) is 7. The van der Waals surface area contributed by atoms with Crippen molar-refractivity contribution < 1.29 is 18.1 Å². The number of sulfonamides is 1. The fourth-order valence-corrected chi connectivity index (χ4v) is 6.48. The van der Waals surface area contributed by atoms with Crippen LogP contribution in [0, 0.1) is 17.0 Å². The molecule has 0 saturated heterocycles. The molecule has 0 unspecified atom stereocenters. The minimum atomic E-state index is -4.20. The lowest BCUT2D eigenvalue weighted by molar-refractivity contribution is -0.384. The first-order valence-corrected chi connectivity index (χ1v) is 14.1. The number of carbonyl (C=O) groups is 1. The van der Waals surface area contributed by atoms with Gasteiger partial charge in [-0.25, -0.2) is 13.4 Å². The van der Waals surface area contributed by atoms with Gasteiger partial charge in [0.05, 0.1) is 25.7 Å². The molecule has 0 spiro atoms. The zero-order valence-electron chi connectivity index (χ0n) is 20.6. The van der Waals surface area contributed by atoms with Crippen LogP contribution in [0.1, 0.15) is 5.56 Å². The number of hydrogen-bond donors (Lipinski definition) is 1. The molecule has 4 aromatic carbocycles. The van der Waals surface area contributed by atoms with E-state index in [2.05, 4.69) is 16.4 Å². The van der Waals surface area contributed by atoms with Crippen LogP contribution in [0.3, 0.4) is 0 Å². The van der Waals surface area contributed by atoms with Gasteiger partial charge in [-0.15, -0.1) is 11.3 Å². The predicted octanol–water partition coefficient (Wildman–Crippen LogP) is 6.01. The molecular formula is C28H22N4O5S2. The summed E-state index contributed by atoms with van der Waals surface area (Å²) in [6, 6.07) is 25.9. The van der Waals surface area contributed by atoms with E-state index in [-0.39, 0.29) is 16.3 Å². The Morgan fingerprint density at radius 1 is 0.974 bits per heavy atom. The van der Waals surface area contributed by atoms with E-state index in [0.29, 0.717) is 5.69 Å². The molecule has 9 nitrogen and oxygen atoms in total. The fourth-order valence-electron chi connectivity index (χ4n) is 3.98. The van der Waals surface area contributed by atoms with Crippen molar-refractivity contribution in [2.45, 2.75) is 11.8 Å². The highest BCUT2D eigenvalue weighted by Crippen LogP contribution is 2.31. The average Bonchev–Trinajstić information content (AvgIpc) is 3.36. The molecule has 1 heterocycles. The SMILES string of the molecule is Cc1ccc2nc(-c3ccc(NC(=O)CN(c4cccc([N+](=O)[O-])c4)S(=O)(=O)c4ccccc4)cc3)sc2c1. The standard InChI is InChI=1S/C28H22N4O5S2/c1-19-10-15-25-26(16-19)38-28(30-25)20-11-13-21(14-12-20)29-27(33)18-31(22-6-5-7-23(17-22)32(34)35)39(36,37)24-8-3-2-4-9-24/h2-17H,18H2,1H3,(H,29,33). The number of non-ortho nitro benzene ring substituents is 1. The van der Waals surface area contributed by atoms with Crippen molar-refractivity contribution in [1.82, 2.24) is 4.98 Å². The number of anilines is 2. The summed E-state index contributed by atoms with van der Waals surface area (Å²) in [6.45, 7) is 1.44. The van der Waals surface area contributed by atoms with Crippen LogP contribution in [-0.2, 0) is 14.8 Å². The third kappa shape index (κ3) is 5.64. The summed E-state index contributed by atoms with van der Waals surface area (Å²) in [7, 11) is -4.20. The Morgan fingerprint density at radius 3 is 2.44 bits per heavy atom. The topological polar surface area (TPSA) is 123 Å². The first kappa shape index (κ1) is 26.0. The molecule has 0 radical (unpaired) electrons. The number of nitro benzene ring substituents is 1. The van der Waals surface area contributed by atoms with Gasteiger partial charge in [0, 0.05) is 23.4 Å². The monoisotopic (exact) mass is 558 g/mol. The molecule has 0 aliphatic heterocycles. The van der Waals surface area contributed by atoms with E-state index in [9.17, 15) is 23.3 Å². The highest BCUT2D eigenvalue weighted by Gasteiger charge is 2.28. The molecule has 1 N–H and O–H groups in total. The van der Waals surface area contributed by atoms with Crippen molar-refractivity contribution >= 4 is 54.5 Å². The number of nitrogens with one attached hydrogen (secondary N) is 1. The van der Waals surface area contributed by atoms with Crippen molar-refractivity contribution in [1.29, 1.82) is 0 Å². The Balaban J connectivity index is 1.38. The number of benzene rings is 4. The molecule has 0 bridgehead atoms. The summed E-state index contributed by atoms with van der Waals surface area (Å²) in [5, 5.41) is 14.9. The van der Waals surface area contributed by atoms with Crippen LogP contribution in [0.2, 0.25) is 0 Å². The molecule has 1 aromatic heterocycles. The highest BCUT2D eigenvalue weighted by atomic mass is 32.2. The van der Waals surface area contributed by atoms with E-state index in [4.69, 9.17) is 0 Å². The quantitative estimate of drug-likeness (QED) is 0.184. The normalized spacial score (nSPS) is 11.3. The number of aryl methyl sites for hydroxylation is 1. The molecule has 5 rings (SSSR count). The summed E-state index contributed by atoms with van der Waals surface area (Å²) in [5.41, 5.74) is 3.14. The minimum absolute atomic E-state index is 0.00428. The van der Waals surface area contributed by atoms with Crippen LogP contribution in [0.15, 0.2) is 102 Å². The molecule has 11 heteroatoms. The highest BCUT2D eigenvalue weighted by molar-refractivity contribution is 7.92. The second kappa shape index (κ2) is 10.6. The Morgan fingerprint density at radius 2 is 1.72 bits per heavy atom. The molecule has 0 fully saturated rings. The summed E-state index contributed by atoms with van der Waals surface area (Å²) in [6.07, 6.45) is 0. The van der Waals surface area contributed by atoms with Crippen LogP contribution in [0.5, 0.6) is 0 Å². The van der Waals surface area contributed by atoms with Crippen molar-refractivity contribution in [2.24, 2.45) is 0 Å². The summed E-state index contributed by atoms with van der Waals surface area (Å²) >= 11 is 1.57. The number of nitro groups is 1. The number of aromatic nitrogens is 1. The first-order chi connectivity index (χ1) is 18.7. The summed E-state index contributed by atoms with van der Waals surface area (Å²) in [4.78, 5) is 28.4. The molecular weight excluding hydrogens is 536 g/mol. The Hall–Kier alpha value is -4.61. The van der Waals surface area contributed by atoms with Crippen LogP contribution in [-0.4, -0.2) is 30.8 Å². The molecule has 0 saturated carbocycles. The zero-order valence-corrected chi connectivity index (χ0v) is 22.3. The molecule has 5 aromatic rings. The number of amides is 1. The van der Waals surface area contributed by atoms with Gasteiger partial charge in [-0.3, -0.25) is 19.2 Å². The maximum absolute atomic E-state index is 13.5. The van der Waals surface area contributed by atoms with Crippen molar-refractivity contribution in [2.75, 3.05) is 16.2 Å². The fraction of sp³-hybridized carbons (Fsp3) is 0.0714. The van der Waals surface area contributed by atoms with E-state index >= 15 is 0 Å². The Kier molecular flexibility index (Phi) is 7.09. The van der Waals surface area contributed by atoms with Gasteiger partial charge in [0.2, 0.25) is 5.91 Å². The largest absolute Gasteiger partial charge is 0.325 e. The Labute approximate surface area is 228 Å². The van der Waals surface area contributed by atoms with Gasteiger partial charge in [0.15, 0.2) is 0 Å². The third-order valence-electron chi connectivity index (χ3n) is 5.91. The number of thiazole rings is 1. The van der Waals surface area contributed by atoms with Gasteiger partial charge in [0.1, 0.15) is 11.6 Å². The number of nitrogens with zero attached hydrogens (tertiary/aromatic N) is 3. The number of carbonyl (C=O) groups excluding carboxylic acids is 1. The zero-order chi connectivity index (χ0) is 27.6.